The zero-order valence-corrected chi connectivity index (χ0v) is 17.9. The van der Waals surface area contributed by atoms with Gasteiger partial charge in [-0.05, 0) is 57.4 Å². The number of hydrogen-bond acceptors (Lipinski definition) is 6. The minimum atomic E-state index is -0.806. The lowest BCUT2D eigenvalue weighted by molar-refractivity contribution is 0.0720. The van der Waals surface area contributed by atoms with Gasteiger partial charge in [0.05, 0.1) is 23.6 Å². The van der Waals surface area contributed by atoms with Crippen molar-refractivity contribution in [2.75, 3.05) is 11.9 Å². The number of primary amides is 1. The molecule has 160 valence electrons. The molecule has 1 aliphatic rings. The fraction of sp³-hybridized carbons (Fsp3) is 0.476. The summed E-state index contributed by atoms with van der Waals surface area (Å²) >= 11 is 5.92. The molecule has 0 saturated heterocycles. The molecular formula is C21H27ClN6O2. The number of rotatable bonds is 7. The van der Waals surface area contributed by atoms with E-state index in [2.05, 4.69) is 21.8 Å². The molecule has 3 atom stereocenters. The van der Waals surface area contributed by atoms with Crippen LogP contribution in [-0.4, -0.2) is 39.0 Å². The number of hydrogen-bond donors (Lipinski definition) is 4. The van der Waals surface area contributed by atoms with E-state index in [9.17, 15) is 15.2 Å². The Kier molecular flexibility index (Phi) is 6.66. The number of nitrogens with one attached hydrogen (secondary N) is 2. The molecule has 1 saturated carbocycles. The van der Waals surface area contributed by atoms with E-state index in [0.717, 1.165) is 18.5 Å². The average Bonchev–Trinajstić information content (AvgIpc) is 3.11. The van der Waals surface area contributed by atoms with Crippen molar-refractivity contribution in [2.45, 2.75) is 50.8 Å². The minimum Gasteiger partial charge on any atom is -0.389 e. The van der Waals surface area contributed by atoms with Crippen LogP contribution in [0.4, 0.5) is 11.5 Å². The Morgan fingerprint density at radius 3 is 2.70 bits per heavy atom. The van der Waals surface area contributed by atoms with E-state index in [1.54, 1.807) is 49.0 Å². The van der Waals surface area contributed by atoms with Gasteiger partial charge in [0.1, 0.15) is 5.56 Å². The molecule has 1 aromatic carbocycles. The summed E-state index contributed by atoms with van der Waals surface area (Å²) in [5.74, 6) is -0.516. The van der Waals surface area contributed by atoms with Crippen LogP contribution in [0.5, 0.6) is 0 Å². The second-order valence-corrected chi connectivity index (χ2v) is 8.81. The van der Waals surface area contributed by atoms with Crippen LogP contribution in [0.3, 0.4) is 0 Å². The first-order chi connectivity index (χ1) is 14.2. The highest BCUT2D eigenvalue weighted by Crippen LogP contribution is 2.35. The molecule has 30 heavy (non-hydrogen) atoms. The van der Waals surface area contributed by atoms with Crippen molar-refractivity contribution in [3.8, 4) is 6.07 Å². The third-order valence-electron chi connectivity index (χ3n) is 5.25. The third-order valence-corrected chi connectivity index (χ3v) is 5.50. The first-order valence-electron chi connectivity index (χ1n) is 9.93. The van der Waals surface area contributed by atoms with Gasteiger partial charge in [0, 0.05) is 29.5 Å². The molecule has 1 amide bonds. The second kappa shape index (κ2) is 9.04. The molecule has 9 heteroatoms. The van der Waals surface area contributed by atoms with Gasteiger partial charge in [0.25, 0.3) is 5.91 Å². The Balaban J connectivity index is 1.77. The first-order valence-corrected chi connectivity index (χ1v) is 10.3. The quantitative estimate of drug-likeness (QED) is 0.534. The van der Waals surface area contributed by atoms with Crippen molar-refractivity contribution in [1.82, 2.24) is 15.1 Å². The molecule has 3 rings (SSSR count). The molecule has 2 aromatic rings. The third kappa shape index (κ3) is 5.51. The Morgan fingerprint density at radius 2 is 2.10 bits per heavy atom. The molecule has 0 radical (unpaired) electrons. The molecule has 0 spiro atoms. The summed E-state index contributed by atoms with van der Waals surface area (Å²) in [7, 11) is 0. The van der Waals surface area contributed by atoms with E-state index >= 15 is 0 Å². The van der Waals surface area contributed by atoms with Crippen LogP contribution >= 0.6 is 11.6 Å². The smallest absolute Gasteiger partial charge is 0.254 e. The summed E-state index contributed by atoms with van der Waals surface area (Å²) in [4.78, 5) is 12.0. The number of aliphatic hydroxyl groups is 1. The Hall–Kier alpha value is -2.60. The van der Waals surface area contributed by atoms with Crippen LogP contribution in [0, 0.1) is 17.2 Å². The van der Waals surface area contributed by atoms with Crippen LogP contribution in [0.2, 0.25) is 5.02 Å². The predicted molar refractivity (Wildman–Crippen MR) is 116 cm³/mol. The van der Waals surface area contributed by atoms with Crippen LogP contribution in [0.25, 0.3) is 0 Å². The number of benzene rings is 1. The molecule has 1 aromatic heterocycles. The van der Waals surface area contributed by atoms with Gasteiger partial charge in [-0.3, -0.25) is 9.48 Å². The Morgan fingerprint density at radius 1 is 1.40 bits per heavy atom. The predicted octanol–water partition coefficient (Wildman–Crippen LogP) is 2.97. The van der Waals surface area contributed by atoms with E-state index in [-0.39, 0.29) is 23.6 Å². The standard InChI is InChI=1S/C21H27ClN6O2/c1-21(2,30)12-25-16-7-8-18(13(9-16)10-23)28-11-17(19(24)29)20(27-28)26-15-5-3-14(22)4-6-15/h3-6,11,13,16,18,25,30H,7-9,12H2,1-2H3,(H2,24,29)(H,26,27)/t13-,16+,18?/m1/s1. The second-order valence-electron chi connectivity index (χ2n) is 8.37. The number of aromatic nitrogens is 2. The maximum absolute atomic E-state index is 12.0. The molecule has 0 aliphatic heterocycles. The van der Waals surface area contributed by atoms with E-state index in [4.69, 9.17) is 17.3 Å². The molecule has 5 N–H and O–H groups in total. The van der Waals surface area contributed by atoms with Crippen molar-refractivity contribution in [1.29, 1.82) is 5.26 Å². The van der Waals surface area contributed by atoms with Gasteiger partial charge in [-0.1, -0.05) is 11.6 Å². The summed E-state index contributed by atoms with van der Waals surface area (Å²) < 4.78 is 1.68. The number of nitriles is 1. The van der Waals surface area contributed by atoms with E-state index in [1.807, 2.05) is 0 Å². The number of halogens is 1. The first kappa shape index (κ1) is 22.1. The van der Waals surface area contributed by atoms with Crippen molar-refractivity contribution in [3.63, 3.8) is 0 Å². The minimum absolute atomic E-state index is 0.148. The van der Waals surface area contributed by atoms with E-state index < -0.39 is 11.5 Å². The van der Waals surface area contributed by atoms with Crippen molar-refractivity contribution in [3.05, 3.63) is 41.0 Å². The van der Waals surface area contributed by atoms with Gasteiger partial charge >= 0.3 is 0 Å². The zero-order valence-electron chi connectivity index (χ0n) is 17.1. The lowest BCUT2D eigenvalue weighted by Gasteiger charge is -2.34. The molecule has 1 unspecified atom stereocenters. The maximum Gasteiger partial charge on any atom is 0.254 e. The molecule has 0 bridgehead atoms. The summed E-state index contributed by atoms with van der Waals surface area (Å²) in [6, 6.07) is 9.40. The summed E-state index contributed by atoms with van der Waals surface area (Å²) in [5, 5.41) is 31.2. The van der Waals surface area contributed by atoms with Crippen LogP contribution in [0.1, 0.15) is 49.5 Å². The number of nitrogens with two attached hydrogens (primary N) is 1. The monoisotopic (exact) mass is 430 g/mol. The average molecular weight is 431 g/mol. The van der Waals surface area contributed by atoms with E-state index in [0.29, 0.717) is 23.8 Å². The van der Waals surface area contributed by atoms with Crippen molar-refractivity contribution >= 4 is 29.0 Å². The van der Waals surface area contributed by atoms with Gasteiger partial charge in [-0.15, -0.1) is 0 Å². The summed E-state index contributed by atoms with van der Waals surface area (Å²) in [6.07, 6.45) is 3.82. The topological polar surface area (TPSA) is 129 Å². The summed E-state index contributed by atoms with van der Waals surface area (Å²) in [5.41, 5.74) is 5.74. The lowest BCUT2D eigenvalue weighted by Crippen LogP contribution is -2.44. The van der Waals surface area contributed by atoms with Gasteiger partial charge in [0.15, 0.2) is 5.82 Å². The molecule has 1 fully saturated rings. The fourth-order valence-corrected chi connectivity index (χ4v) is 3.82. The molecule has 1 heterocycles. The number of nitrogens with zero attached hydrogens (tertiary/aromatic N) is 3. The molecule has 8 nitrogen and oxygen atoms in total. The van der Waals surface area contributed by atoms with Gasteiger partial charge in [0.2, 0.25) is 0 Å². The van der Waals surface area contributed by atoms with Crippen molar-refractivity contribution < 1.29 is 9.90 Å². The fourth-order valence-electron chi connectivity index (χ4n) is 3.69. The van der Waals surface area contributed by atoms with Gasteiger partial charge < -0.3 is 21.5 Å². The Labute approximate surface area is 181 Å². The number of amides is 1. The lowest BCUT2D eigenvalue weighted by atomic mass is 9.82. The SMILES string of the molecule is CC(C)(O)CN[C@H]1CCC(n2cc(C(N)=O)c(Nc3ccc(Cl)cc3)n2)[C@@H](C#N)C1. The zero-order chi connectivity index (χ0) is 21.9. The largest absolute Gasteiger partial charge is 0.389 e. The van der Waals surface area contributed by atoms with Crippen LogP contribution in [-0.2, 0) is 0 Å². The Bertz CT molecular complexity index is 928. The van der Waals surface area contributed by atoms with Crippen molar-refractivity contribution in [2.24, 2.45) is 11.7 Å². The van der Waals surface area contributed by atoms with E-state index in [1.165, 1.54) is 0 Å². The highest BCUT2D eigenvalue weighted by atomic mass is 35.5. The van der Waals surface area contributed by atoms with Crippen LogP contribution < -0.4 is 16.4 Å². The molecular weight excluding hydrogens is 404 g/mol. The van der Waals surface area contributed by atoms with Crippen LogP contribution in [0.15, 0.2) is 30.5 Å². The number of carbonyl (C=O) groups is 1. The van der Waals surface area contributed by atoms with Gasteiger partial charge in [-0.2, -0.15) is 10.4 Å². The highest BCUT2D eigenvalue weighted by Gasteiger charge is 2.33. The normalized spacial score (nSPS) is 21.8. The highest BCUT2D eigenvalue weighted by molar-refractivity contribution is 6.30. The molecule has 1 aliphatic carbocycles. The van der Waals surface area contributed by atoms with Gasteiger partial charge in [-0.25, -0.2) is 0 Å². The number of anilines is 2. The number of carbonyl (C=O) groups excluding carboxylic acids is 1. The maximum atomic E-state index is 12.0. The summed E-state index contributed by atoms with van der Waals surface area (Å²) in [6.45, 7) is 3.96.